The topological polar surface area (TPSA) is 60.0 Å². The van der Waals surface area contributed by atoms with Gasteiger partial charge in [-0.05, 0) is 44.0 Å². The van der Waals surface area contributed by atoms with Crippen molar-refractivity contribution in [1.29, 1.82) is 0 Å². The van der Waals surface area contributed by atoms with Crippen molar-refractivity contribution < 1.29 is 19.0 Å². The summed E-state index contributed by atoms with van der Waals surface area (Å²) in [7, 11) is 3.28. The maximum Gasteiger partial charge on any atom is 0.251 e. The zero-order valence-corrected chi connectivity index (χ0v) is 17.2. The minimum atomic E-state index is -0.0665. The van der Waals surface area contributed by atoms with E-state index >= 15 is 0 Å². The Bertz CT molecular complexity index is 898. The van der Waals surface area contributed by atoms with Gasteiger partial charge in [-0.25, -0.2) is 0 Å². The number of piperidine rings is 1. The molecule has 1 fully saturated rings. The fraction of sp³-hybridized carbons (Fsp3) is 0.435. The molecule has 154 valence electrons. The number of ether oxygens (including phenoxy) is 3. The van der Waals surface area contributed by atoms with Crippen molar-refractivity contribution in [2.45, 2.75) is 38.3 Å². The van der Waals surface area contributed by atoms with E-state index in [2.05, 4.69) is 16.3 Å². The van der Waals surface area contributed by atoms with E-state index in [1.807, 2.05) is 31.2 Å². The summed E-state index contributed by atoms with van der Waals surface area (Å²) >= 11 is 0. The number of carbonyl (C=O) groups excluding carboxylic acids is 1. The molecule has 2 heterocycles. The van der Waals surface area contributed by atoms with E-state index in [1.54, 1.807) is 20.3 Å². The normalized spacial score (nSPS) is 20.6. The molecule has 2 aliphatic heterocycles. The lowest BCUT2D eigenvalue weighted by molar-refractivity contribution is 0.0932. The predicted molar refractivity (Wildman–Crippen MR) is 112 cm³/mol. The summed E-state index contributed by atoms with van der Waals surface area (Å²) in [5.41, 5.74) is 2.77. The number of amides is 1. The van der Waals surface area contributed by atoms with Crippen molar-refractivity contribution in [1.82, 2.24) is 5.32 Å². The van der Waals surface area contributed by atoms with Crippen LogP contribution in [0.1, 0.15) is 35.7 Å². The number of benzene rings is 2. The van der Waals surface area contributed by atoms with Crippen molar-refractivity contribution in [2.24, 2.45) is 0 Å². The van der Waals surface area contributed by atoms with Crippen LogP contribution in [0.25, 0.3) is 0 Å². The highest BCUT2D eigenvalue weighted by Crippen LogP contribution is 2.39. The molecule has 6 nitrogen and oxygen atoms in total. The first-order valence-corrected chi connectivity index (χ1v) is 10.1. The summed E-state index contributed by atoms with van der Waals surface area (Å²) in [5, 5.41) is 3.21. The monoisotopic (exact) mass is 396 g/mol. The van der Waals surface area contributed by atoms with Gasteiger partial charge in [-0.1, -0.05) is 6.07 Å². The lowest BCUT2D eigenvalue weighted by atomic mass is 10.0. The van der Waals surface area contributed by atoms with Crippen LogP contribution in [0.15, 0.2) is 36.4 Å². The highest BCUT2D eigenvalue weighted by atomic mass is 16.5. The van der Waals surface area contributed by atoms with Gasteiger partial charge in [0.2, 0.25) is 0 Å². The number of nitrogens with one attached hydrogen (secondary N) is 1. The van der Waals surface area contributed by atoms with E-state index in [1.165, 1.54) is 0 Å². The van der Waals surface area contributed by atoms with Gasteiger partial charge in [-0.2, -0.15) is 0 Å². The van der Waals surface area contributed by atoms with Gasteiger partial charge in [0.15, 0.2) is 11.5 Å². The van der Waals surface area contributed by atoms with E-state index in [-0.39, 0.29) is 18.1 Å². The molecule has 2 aromatic carbocycles. The van der Waals surface area contributed by atoms with E-state index in [4.69, 9.17) is 14.2 Å². The van der Waals surface area contributed by atoms with Crippen molar-refractivity contribution in [3.05, 3.63) is 47.5 Å². The molecule has 1 saturated heterocycles. The molecule has 1 amide bonds. The van der Waals surface area contributed by atoms with E-state index in [0.717, 1.165) is 55.1 Å². The second-order valence-electron chi connectivity index (χ2n) is 7.76. The first-order valence-electron chi connectivity index (χ1n) is 10.1. The van der Waals surface area contributed by atoms with Gasteiger partial charge in [0.1, 0.15) is 11.9 Å². The first-order chi connectivity index (χ1) is 14.1. The van der Waals surface area contributed by atoms with E-state index < -0.39 is 0 Å². The molecule has 0 aromatic heterocycles. The zero-order chi connectivity index (χ0) is 20.4. The van der Waals surface area contributed by atoms with Crippen LogP contribution in [0.3, 0.4) is 0 Å². The fourth-order valence-corrected chi connectivity index (χ4v) is 4.19. The van der Waals surface area contributed by atoms with Gasteiger partial charge in [-0.3, -0.25) is 4.79 Å². The molecule has 0 bridgehead atoms. The highest BCUT2D eigenvalue weighted by Gasteiger charge is 2.27. The minimum Gasteiger partial charge on any atom is -0.497 e. The summed E-state index contributed by atoms with van der Waals surface area (Å²) in [6, 6.07) is 11.9. The third-order valence-electron chi connectivity index (χ3n) is 5.62. The predicted octanol–water partition coefficient (Wildman–Crippen LogP) is 3.43. The average Bonchev–Trinajstić information content (AvgIpc) is 3.13. The van der Waals surface area contributed by atoms with Gasteiger partial charge >= 0.3 is 0 Å². The van der Waals surface area contributed by atoms with Crippen LogP contribution in [0, 0.1) is 0 Å². The van der Waals surface area contributed by atoms with Crippen LogP contribution in [-0.2, 0) is 6.42 Å². The maximum atomic E-state index is 13.0. The number of hydrogen-bond acceptors (Lipinski definition) is 5. The zero-order valence-electron chi connectivity index (χ0n) is 17.2. The molecule has 2 aromatic rings. The summed E-state index contributed by atoms with van der Waals surface area (Å²) in [5.74, 6) is 2.16. The average molecular weight is 396 g/mol. The number of anilines is 1. The van der Waals surface area contributed by atoms with Crippen molar-refractivity contribution in [3.63, 3.8) is 0 Å². The molecule has 2 unspecified atom stereocenters. The molecule has 2 aliphatic rings. The third kappa shape index (κ3) is 4.11. The standard InChI is InChI=1S/C23H28N2O4/c1-15-10-16-11-17(12-21(28-3)22(16)29-15)23(26)24-18-6-5-9-25(14-18)19-7-4-8-20(13-19)27-2/h4,7-8,11-13,15,18H,5-6,9-10,14H2,1-3H3,(H,24,26). The largest absolute Gasteiger partial charge is 0.497 e. The Morgan fingerprint density at radius 3 is 2.86 bits per heavy atom. The van der Waals surface area contributed by atoms with E-state index in [9.17, 15) is 4.79 Å². The highest BCUT2D eigenvalue weighted by molar-refractivity contribution is 5.95. The number of fused-ring (bicyclic) bond motifs is 1. The van der Waals surface area contributed by atoms with Gasteiger partial charge < -0.3 is 24.4 Å². The Hall–Kier alpha value is -2.89. The SMILES string of the molecule is COc1cccc(N2CCCC(NC(=O)c3cc4c(c(OC)c3)OC(C)C4)C2)c1. The lowest BCUT2D eigenvalue weighted by Gasteiger charge is -2.35. The Morgan fingerprint density at radius 2 is 2.07 bits per heavy atom. The Balaban J connectivity index is 1.46. The summed E-state index contributed by atoms with van der Waals surface area (Å²) in [6.07, 6.45) is 2.89. The van der Waals surface area contributed by atoms with Crippen molar-refractivity contribution >= 4 is 11.6 Å². The van der Waals surface area contributed by atoms with Crippen LogP contribution in [0.4, 0.5) is 5.69 Å². The number of rotatable bonds is 5. The Labute approximate surface area is 171 Å². The van der Waals surface area contributed by atoms with Crippen LogP contribution < -0.4 is 24.4 Å². The van der Waals surface area contributed by atoms with Gasteiger partial charge in [-0.15, -0.1) is 0 Å². The summed E-state index contributed by atoms with van der Waals surface area (Å²) in [4.78, 5) is 15.3. The first kappa shape index (κ1) is 19.4. The number of nitrogens with zero attached hydrogens (tertiary/aromatic N) is 1. The molecule has 0 saturated carbocycles. The smallest absolute Gasteiger partial charge is 0.251 e. The van der Waals surface area contributed by atoms with Crippen molar-refractivity contribution in [2.75, 3.05) is 32.2 Å². The molecular formula is C23H28N2O4. The second kappa shape index (κ2) is 8.23. The molecule has 0 spiro atoms. The van der Waals surface area contributed by atoms with E-state index in [0.29, 0.717) is 11.3 Å². The Morgan fingerprint density at radius 1 is 1.21 bits per heavy atom. The maximum absolute atomic E-state index is 13.0. The molecule has 0 aliphatic carbocycles. The van der Waals surface area contributed by atoms with Gasteiger partial charge in [0, 0.05) is 48.4 Å². The van der Waals surface area contributed by atoms with Gasteiger partial charge in [0.05, 0.1) is 14.2 Å². The third-order valence-corrected chi connectivity index (χ3v) is 5.62. The minimum absolute atomic E-state index is 0.0665. The van der Waals surface area contributed by atoms with Crippen LogP contribution >= 0.6 is 0 Å². The van der Waals surface area contributed by atoms with Gasteiger partial charge in [0.25, 0.3) is 5.91 Å². The molecule has 4 rings (SSSR count). The Kier molecular flexibility index (Phi) is 5.51. The van der Waals surface area contributed by atoms with Crippen LogP contribution in [0.5, 0.6) is 17.2 Å². The molecule has 1 N–H and O–H groups in total. The molecule has 29 heavy (non-hydrogen) atoms. The fourth-order valence-electron chi connectivity index (χ4n) is 4.19. The molecule has 0 radical (unpaired) electrons. The summed E-state index contributed by atoms with van der Waals surface area (Å²) in [6.45, 7) is 3.77. The quantitative estimate of drug-likeness (QED) is 0.839. The number of methoxy groups -OCH3 is 2. The molecule has 2 atom stereocenters. The van der Waals surface area contributed by atoms with Crippen molar-refractivity contribution in [3.8, 4) is 17.2 Å². The molecular weight excluding hydrogens is 368 g/mol. The molecule has 6 heteroatoms. The number of carbonyl (C=O) groups is 1. The van der Waals surface area contributed by atoms with Crippen LogP contribution in [0.2, 0.25) is 0 Å². The number of hydrogen-bond donors (Lipinski definition) is 1. The second-order valence-corrected chi connectivity index (χ2v) is 7.76. The lowest BCUT2D eigenvalue weighted by Crippen LogP contribution is -2.47. The summed E-state index contributed by atoms with van der Waals surface area (Å²) < 4.78 is 16.6. The van der Waals surface area contributed by atoms with Crippen LogP contribution in [-0.4, -0.2) is 45.4 Å².